The van der Waals surface area contributed by atoms with Crippen LogP contribution in [0.25, 0.3) is 0 Å². The topological polar surface area (TPSA) is 71.9 Å². The molecule has 0 aromatic heterocycles. The van der Waals surface area contributed by atoms with Crippen molar-refractivity contribution in [1.29, 1.82) is 0 Å². The summed E-state index contributed by atoms with van der Waals surface area (Å²) in [5, 5.41) is 5.51. The average Bonchev–Trinajstić information content (AvgIpc) is 2.50. The Morgan fingerprint density at radius 1 is 1.14 bits per heavy atom. The maximum atomic E-state index is 11.8. The molecule has 0 radical (unpaired) electrons. The fourth-order valence-corrected chi connectivity index (χ4v) is 2.34. The Kier molecular flexibility index (Phi) is 6.36. The van der Waals surface area contributed by atoms with E-state index < -0.39 is 0 Å². The van der Waals surface area contributed by atoms with Crippen molar-refractivity contribution >= 4 is 17.5 Å². The Morgan fingerprint density at radius 3 is 2.50 bits per heavy atom. The minimum Gasteiger partial charge on any atom is -0.370 e. The van der Waals surface area contributed by atoms with Crippen LogP contribution in [0.3, 0.4) is 0 Å². The predicted octanol–water partition coefficient (Wildman–Crippen LogP) is -0.645. The minimum atomic E-state index is -0.292. The van der Waals surface area contributed by atoms with Crippen LogP contribution in [0.1, 0.15) is 12.0 Å². The summed E-state index contributed by atoms with van der Waals surface area (Å²) >= 11 is 0. The number of hydrogen-bond acceptors (Lipinski definition) is 3. The number of anilines is 1. The molecule has 3 N–H and O–H groups in total. The first kappa shape index (κ1) is 16.5. The zero-order chi connectivity index (χ0) is 15.8. The van der Waals surface area contributed by atoms with Gasteiger partial charge in [0.05, 0.1) is 26.3 Å². The highest BCUT2D eigenvalue weighted by atomic mass is 16.5. The Morgan fingerprint density at radius 2 is 1.82 bits per heavy atom. The number of carbonyl (C=O) groups excluding carboxylic acids is 2. The zero-order valence-electron chi connectivity index (χ0n) is 13.0. The molecular formula is C16H24N3O3+. The summed E-state index contributed by atoms with van der Waals surface area (Å²) in [4.78, 5) is 24.9. The van der Waals surface area contributed by atoms with Gasteiger partial charge in [-0.2, -0.15) is 0 Å². The third kappa shape index (κ3) is 5.83. The minimum absolute atomic E-state index is 0.147. The second-order valence-electron chi connectivity index (χ2n) is 5.55. The van der Waals surface area contributed by atoms with E-state index in [1.807, 2.05) is 31.2 Å². The quantitative estimate of drug-likeness (QED) is 0.612. The molecule has 1 aliphatic rings. The lowest BCUT2D eigenvalue weighted by Crippen LogP contribution is -3.14. The number of aryl methyl sites for hydroxylation is 1. The summed E-state index contributed by atoms with van der Waals surface area (Å²) < 4.78 is 5.28. The maximum absolute atomic E-state index is 11.8. The Bertz CT molecular complexity index is 496. The fourth-order valence-electron chi connectivity index (χ4n) is 2.34. The molecule has 0 atom stereocenters. The molecule has 0 bridgehead atoms. The van der Waals surface area contributed by atoms with Crippen molar-refractivity contribution in [2.75, 3.05) is 44.7 Å². The van der Waals surface area contributed by atoms with Gasteiger partial charge in [-0.15, -0.1) is 0 Å². The first-order valence-corrected chi connectivity index (χ1v) is 7.68. The predicted molar refractivity (Wildman–Crippen MR) is 83.8 cm³/mol. The van der Waals surface area contributed by atoms with Crippen LogP contribution in [0.2, 0.25) is 0 Å². The van der Waals surface area contributed by atoms with Gasteiger partial charge >= 0.3 is 0 Å². The van der Waals surface area contributed by atoms with Gasteiger partial charge < -0.3 is 20.3 Å². The van der Waals surface area contributed by atoms with Crippen LogP contribution in [-0.2, 0) is 14.3 Å². The van der Waals surface area contributed by atoms with Gasteiger partial charge in [-0.3, -0.25) is 9.59 Å². The van der Waals surface area contributed by atoms with E-state index in [1.165, 1.54) is 4.90 Å². The molecule has 6 nitrogen and oxygen atoms in total. The second kappa shape index (κ2) is 8.51. The van der Waals surface area contributed by atoms with E-state index in [9.17, 15) is 9.59 Å². The summed E-state index contributed by atoms with van der Waals surface area (Å²) in [6, 6.07) is 7.49. The van der Waals surface area contributed by atoms with Crippen molar-refractivity contribution in [3.05, 3.63) is 29.8 Å². The molecule has 1 saturated heterocycles. The number of morpholine rings is 1. The van der Waals surface area contributed by atoms with Gasteiger partial charge in [-0.25, -0.2) is 0 Å². The molecule has 1 aromatic rings. The van der Waals surface area contributed by atoms with Gasteiger partial charge in [0.2, 0.25) is 11.8 Å². The molecule has 0 aliphatic carbocycles. The van der Waals surface area contributed by atoms with Gasteiger partial charge in [0, 0.05) is 5.69 Å². The van der Waals surface area contributed by atoms with Crippen LogP contribution in [-0.4, -0.2) is 51.2 Å². The smallest absolute Gasteiger partial charge is 0.233 e. The van der Waals surface area contributed by atoms with Crippen LogP contribution in [0.15, 0.2) is 24.3 Å². The first-order valence-electron chi connectivity index (χ1n) is 7.68. The molecule has 22 heavy (non-hydrogen) atoms. The van der Waals surface area contributed by atoms with Crippen LogP contribution in [0.4, 0.5) is 5.69 Å². The molecule has 1 fully saturated rings. The van der Waals surface area contributed by atoms with E-state index in [-0.39, 0.29) is 18.2 Å². The standard InChI is InChI=1S/C16H23N3O3/c1-13-2-4-14(5-3-13)18-16(21)12-15(20)17-6-7-19-8-10-22-11-9-19/h2-5H,6-12H2,1H3,(H,17,20)(H,18,21)/p+1. The van der Waals surface area contributed by atoms with Crippen molar-refractivity contribution in [3.8, 4) is 0 Å². The van der Waals surface area contributed by atoms with Gasteiger partial charge in [0.15, 0.2) is 0 Å². The number of quaternary nitrogens is 1. The molecule has 0 saturated carbocycles. The summed E-state index contributed by atoms with van der Waals surface area (Å²) in [7, 11) is 0. The number of rotatable bonds is 6. The van der Waals surface area contributed by atoms with Crippen molar-refractivity contribution in [2.24, 2.45) is 0 Å². The molecule has 1 aliphatic heterocycles. The Balaban J connectivity index is 1.63. The molecule has 120 valence electrons. The summed E-state index contributed by atoms with van der Waals surface area (Å²) in [5.74, 6) is -0.530. The monoisotopic (exact) mass is 306 g/mol. The van der Waals surface area contributed by atoms with Crippen molar-refractivity contribution in [1.82, 2.24) is 5.32 Å². The van der Waals surface area contributed by atoms with Crippen LogP contribution in [0, 0.1) is 6.92 Å². The van der Waals surface area contributed by atoms with E-state index in [4.69, 9.17) is 4.74 Å². The summed E-state index contributed by atoms with van der Waals surface area (Å²) in [6.45, 7) is 6.95. The van der Waals surface area contributed by atoms with Crippen LogP contribution >= 0.6 is 0 Å². The number of nitrogens with one attached hydrogen (secondary N) is 3. The van der Waals surface area contributed by atoms with Crippen LogP contribution in [0.5, 0.6) is 0 Å². The highest BCUT2D eigenvalue weighted by molar-refractivity contribution is 6.03. The lowest BCUT2D eigenvalue weighted by Gasteiger charge is -2.23. The van der Waals surface area contributed by atoms with E-state index in [1.54, 1.807) is 0 Å². The Hall–Kier alpha value is -1.92. The molecule has 0 unspecified atom stereocenters. The van der Waals surface area contributed by atoms with E-state index >= 15 is 0 Å². The SMILES string of the molecule is Cc1ccc(NC(=O)CC(=O)NCC[NH+]2CCOCC2)cc1. The lowest BCUT2D eigenvalue weighted by atomic mass is 10.2. The summed E-state index contributed by atoms with van der Waals surface area (Å²) in [5.41, 5.74) is 1.84. The maximum Gasteiger partial charge on any atom is 0.233 e. The molecule has 2 amide bonds. The van der Waals surface area contributed by atoms with E-state index in [0.717, 1.165) is 38.4 Å². The highest BCUT2D eigenvalue weighted by Crippen LogP contribution is 2.08. The first-order chi connectivity index (χ1) is 10.6. The third-order valence-corrected chi connectivity index (χ3v) is 3.66. The number of hydrogen-bond donors (Lipinski definition) is 3. The molecular weight excluding hydrogens is 282 g/mol. The fraction of sp³-hybridized carbons (Fsp3) is 0.500. The third-order valence-electron chi connectivity index (χ3n) is 3.66. The number of benzene rings is 1. The van der Waals surface area contributed by atoms with Crippen LogP contribution < -0.4 is 15.5 Å². The highest BCUT2D eigenvalue weighted by Gasteiger charge is 2.14. The van der Waals surface area contributed by atoms with Gasteiger partial charge in [0.1, 0.15) is 19.5 Å². The molecule has 1 heterocycles. The van der Waals surface area contributed by atoms with Gasteiger partial charge in [-0.1, -0.05) is 17.7 Å². The normalized spacial score (nSPS) is 15.3. The average molecular weight is 306 g/mol. The molecule has 6 heteroatoms. The largest absolute Gasteiger partial charge is 0.370 e. The van der Waals surface area contributed by atoms with Gasteiger partial charge in [-0.05, 0) is 19.1 Å². The van der Waals surface area contributed by atoms with Crippen molar-refractivity contribution in [2.45, 2.75) is 13.3 Å². The van der Waals surface area contributed by atoms with Gasteiger partial charge in [0.25, 0.3) is 0 Å². The van der Waals surface area contributed by atoms with E-state index in [2.05, 4.69) is 10.6 Å². The molecule has 2 rings (SSSR count). The number of carbonyl (C=O) groups is 2. The Labute approximate surface area is 130 Å². The molecule has 1 aromatic carbocycles. The van der Waals surface area contributed by atoms with Crippen molar-refractivity contribution in [3.63, 3.8) is 0 Å². The summed E-state index contributed by atoms with van der Waals surface area (Å²) in [6.07, 6.45) is -0.147. The lowest BCUT2D eigenvalue weighted by molar-refractivity contribution is -0.906. The van der Waals surface area contributed by atoms with E-state index in [0.29, 0.717) is 12.2 Å². The zero-order valence-corrected chi connectivity index (χ0v) is 13.0. The molecule has 0 spiro atoms. The second-order valence-corrected chi connectivity index (χ2v) is 5.55. The number of amides is 2. The number of ether oxygens (including phenoxy) is 1. The van der Waals surface area contributed by atoms with Crippen molar-refractivity contribution < 1.29 is 19.2 Å².